The molecule has 1 heterocycles. The van der Waals surface area contributed by atoms with Crippen LogP contribution in [-0.2, 0) is 9.84 Å². The number of rotatable bonds is 3. The van der Waals surface area contributed by atoms with Crippen LogP contribution in [0.5, 0.6) is 5.75 Å². The van der Waals surface area contributed by atoms with E-state index in [0.29, 0.717) is 17.7 Å². The summed E-state index contributed by atoms with van der Waals surface area (Å²) in [7, 11) is -1.87. The largest absolute Gasteiger partial charge is 0.495 e. The molecule has 4 nitrogen and oxygen atoms in total. The molecule has 0 saturated heterocycles. The van der Waals surface area contributed by atoms with E-state index in [2.05, 4.69) is 0 Å². The van der Waals surface area contributed by atoms with E-state index in [1.54, 1.807) is 18.2 Å². The van der Waals surface area contributed by atoms with Crippen LogP contribution in [0, 0.1) is 0 Å². The molecule has 17 heavy (non-hydrogen) atoms. The zero-order chi connectivity index (χ0) is 12.6. The van der Waals surface area contributed by atoms with Gasteiger partial charge in [0, 0.05) is 6.04 Å². The zero-order valence-electron chi connectivity index (χ0n) is 10.0. The van der Waals surface area contributed by atoms with Gasteiger partial charge in [-0.3, -0.25) is 0 Å². The Kier molecular flexibility index (Phi) is 3.14. The maximum absolute atomic E-state index is 12.4. The van der Waals surface area contributed by atoms with E-state index >= 15 is 0 Å². The Morgan fingerprint density at radius 2 is 2.12 bits per heavy atom. The summed E-state index contributed by atoms with van der Waals surface area (Å²) in [6.45, 7) is 1.96. The molecule has 1 aromatic rings. The summed E-state index contributed by atoms with van der Waals surface area (Å²) in [5.41, 5.74) is 6.72. The highest BCUT2D eigenvalue weighted by atomic mass is 32.2. The van der Waals surface area contributed by atoms with Crippen molar-refractivity contribution in [3.8, 4) is 5.75 Å². The third-order valence-corrected chi connectivity index (χ3v) is 5.58. The van der Waals surface area contributed by atoms with Gasteiger partial charge in [0.1, 0.15) is 10.6 Å². The molecule has 2 unspecified atom stereocenters. The molecule has 0 amide bonds. The average molecular weight is 255 g/mol. The summed E-state index contributed by atoms with van der Waals surface area (Å²) in [6.07, 6.45) is 1.38. The molecule has 2 atom stereocenters. The highest BCUT2D eigenvalue weighted by molar-refractivity contribution is 7.92. The fourth-order valence-electron chi connectivity index (χ4n) is 2.42. The second-order valence-corrected chi connectivity index (χ2v) is 6.38. The molecule has 94 valence electrons. The third-order valence-electron chi connectivity index (χ3n) is 3.25. The first-order valence-corrected chi connectivity index (χ1v) is 7.25. The summed E-state index contributed by atoms with van der Waals surface area (Å²) < 4.78 is 29.9. The van der Waals surface area contributed by atoms with Crippen LogP contribution in [-0.4, -0.2) is 20.8 Å². The van der Waals surface area contributed by atoms with E-state index in [-0.39, 0.29) is 4.90 Å². The lowest BCUT2D eigenvalue weighted by atomic mass is 10.0. The van der Waals surface area contributed by atoms with Crippen molar-refractivity contribution in [3.05, 3.63) is 23.8 Å². The first-order valence-electron chi connectivity index (χ1n) is 5.70. The number of methoxy groups -OCH3 is 1. The Labute approximate surface area is 102 Å². The summed E-state index contributed by atoms with van der Waals surface area (Å²) >= 11 is 0. The van der Waals surface area contributed by atoms with E-state index in [1.165, 1.54) is 7.11 Å². The monoisotopic (exact) mass is 255 g/mol. The molecule has 0 radical (unpaired) electrons. The molecule has 1 aromatic carbocycles. The van der Waals surface area contributed by atoms with Gasteiger partial charge in [0.25, 0.3) is 0 Å². The molecule has 0 fully saturated rings. The molecule has 1 aliphatic heterocycles. The van der Waals surface area contributed by atoms with Gasteiger partial charge in [-0.2, -0.15) is 0 Å². The molecule has 2 N–H and O–H groups in total. The Morgan fingerprint density at radius 3 is 2.71 bits per heavy atom. The number of nitrogens with two attached hydrogens (primary N) is 1. The molecule has 5 heteroatoms. The lowest BCUT2D eigenvalue weighted by Gasteiger charge is -2.13. The number of sulfone groups is 1. The highest BCUT2D eigenvalue weighted by Gasteiger charge is 2.44. The van der Waals surface area contributed by atoms with E-state index < -0.39 is 21.1 Å². The van der Waals surface area contributed by atoms with Crippen molar-refractivity contribution < 1.29 is 13.2 Å². The van der Waals surface area contributed by atoms with Gasteiger partial charge in [-0.05, 0) is 18.1 Å². The van der Waals surface area contributed by atoms with Crippen LogP contribution in [0.3, 0.4) is 0 Å². The van der Waals surface area contributed by atoms with E-state index in [9.17, 15) is 8.42 Å². The fourth-order valence-corrected chi connectivity index (χ4v) is 4.77. The van der Waals surface area contributed by atoms with Crippen LogP contribution >= 0.6 is 0 Å². The number of ether oxygens (including phenoxy) is 1. The van der Waals surface area contributed by atoms with Crippen molar-refractivity contribution >= 4 is 9.84 Å². The molecule has 0 saturated carbocycles. The van der Waals surface area contributed by atoms with Crippen molar-refractivity contribution in [3.63, 3.8) is 0 Å². The molecule has 0 bridgehead atoms. The van der Waals surface area contributed by atoms with Crippen molar-refractivity contribution in [2.45, 2.75) is 36.0 Å². The van der Waals surface area contributed by atoms with E-state index in [4.69, 9.17) is 10.5 Å². The quantitative estimate of drug-likeness (QED) is 0.891. The van der Waals surface area contributed by atoms with Crippen LogP contribution in [0.4, 0.5) is 0 Å². The summed E-state index contributed by atoms with van der Waals surface area (Å²) in [5.74, 6) is 0.400. The highest BCUT2D eigenvalue weighted by Crippen LogP contribution is 2.44. The van der Waals surface area contributed by atoms with Gasteiger partial charge in [0.15, 0.2) is 9.84 Å². The second kappa shape index (κ2) is 4.31. The maximum atomic E-state index is 12.4. The van der Waals surface area contributed by atoms with Crippen LogP contribution in [0.25, 0.3) is 0 Å². The van der Waals surface area contributed by atoms with Gasteiger partial charge in [-0.25, -0.2) is 8.42 Å². The zero-order valence-corrected chi connectivity index (χ0v) is 10.8. The molecule has 0 aromatic heterocycles. The van der Waals surface area contributed by atoms with Gasteiger partial charge >= 0.3 is 0 Å². The van der Waals surface area contributed by atoms with Gasteiger partial charge in [-0.1, -0.05) is 25.5 Å². The lowest BCUT2D eigenvalue weighted by molar-refractivity contribution is 0.402. The summed E-state index contributed by atoms with van der Waals surface area (Å²) in [4.78, 5) is 0.286. The maximum Gasteiger partial charge on any atom is 0.187 e. The molecule has 2 rings (SSSR count). The summed E-state index contributed by atoms with van der Waals surface area (Å²) in [5, 5.41) is -0.515. The smallest absolute Gasteiger partial charge is 0.187 e. The van der Waals surface area contributed by atoms with Crippen LogP contribution in [0.15, 0.2) is 23.1 Å². The standard InChI is InChI=1S/C12H17NO3S/c1-3-5-10-11(13)8-6-4-7-9(16-2)12(8)17(10,14)15/h4,6-7,10-11H,3,5,13H2,1-2H3. The number of hydrogen-bond donors (Lipinski definition) is 1. The van der Waals surface area contributed by atoms with E-state index in [0.717, 1.165) is 6.42 Å². The average Bonchev–Trinajstić information content (AvgIpc) is 2.51. The van der Waals surface area contributed by atoms with Gasteiger partial charge in [0.2, 0.25) is 0 Å². The first kappa shape index (κ1) is 12.4. The molecule has 1 aliphatic rings. The topological polar surface area (TPSA) is 69.4 Å². The minimum absolute atomic E-state index is 0.286. The summed E-state index contributed by atoms with van der Waals surface area (Å²) in [6, 6.07) is 4.78. The second-order valence-electron chi connectivity index (χ2n) is 4.28. The Hall–Kier alpha value is -1.07. The van der Waals surface area contributed by atoms with Crippen molar-refractivity contribution in [2.24, 2.45) is 5.73 Å². The van der Waals surface area contributed by atoms with E-state index in [1.807, 2.05) is 6.92 Å². The fraction of sp³-hybridized carbons (Fsp3) is 0.500. The number of fused-ring (bicyclic) bond motifs is 1. The minimum atomic E-state index is -3.35. The van der Waals surface area contributed by atoms with Gasteiger partial charge < -0.3 is 10.5 Å². The third kappa shape index (κ3) is 1.73. The minimum Gasteiger partial charge on any atom is -0.495 e. The van der Waals surface area contributed by atoms with Crippen molar-refractivity contribution in [2.75, 3.05) is 7.11 Å². The number of hydrogen-bond acceptors (Lipinski definition) is 4. The predicted octanol–water partition coefficient (Wildman–Crippen LogP) is 1.65. The molecular formula is C12H17NO3S. The molecular weight excluding hydrogens is 238 g/mol. The molecule has 0 aliphatic carbocycles. The van der Waals surface area contributed by atoms with Crippen LogP contribution in [0.2, 0.25) is 0 Å². The predicted molar refractivity (Wildman–Crippen MR) is 65.8 cm³/mol. The Bertz CT molecular complexity index is 525. The molecule has 0 spiro atoms. The number of benzene rings is 1. The Morgan fingerprint density at radius 1 is 1.41 bits per heavy atom. The van der Waals surface area contributed by atoms with Crippen LogP contribution in [0.1, 0.15) is 31.4 Å². The lowest BCUT2D eigenvalue weighted by Crippen LogP contribution is -2.26. The normalized spacial score (nSPS) is 25.6. The van der Waals surface area contributed by atoms with Gasteiger partial charge in [-0.15, -0.1) is 0 Å². The first-order chi connectivity index (χ1) is 8.04. The van der Waals surface area contributed by atoms with Gasteiger partial charge in [0.05, 0.1) is 12.4 Å². The SMILES string of the molecule is CCCC1C(N)c2cccc(OC)c2S1(=O)=O. The van der Waals surface area contributed by atoms with Crippen LogP contribution < -0.4 is 10.5 Å². The Balaban J connectivity index is 2.63. The van der Waals surface area contributed by atoms with Crippen molar-refractivity contribution in [1.82, 2.24) is 0 Å². The van der Waals surface area contributed by atoms with Crippen molar-refractivity contribution in [1.29, 1.82) is 0 Å².